The summed E-state index contributed by atoms with van der Waals surface area (Å²) in [7, 11) is 0. The molecule has 0 aliphatic heterocycles. The van der Waals surface area contributed by atoms with Crippen LogP contribution in [-0.4, -0.2) is 27.7 Å². The summed E-state index contributed by atoms with van der Waals surface area (Å²) in [4.78, 5) is 21.4. The van der Waals surface area contributed by atoms with E-state index in [2.05, 4.69) is 15.3 Å². The third-order valence-electron chi connectivity index (χ3n) is 5.32. The average Bonchev–Trinajstić information content (AvgIpc) is 3.23. The second-order valence-corrected chi connectivity index (χ2v) is 8.12. The lowest BCUT2D eigenvalue weighted by atomic mass is 9.95. The van der Waals surface area contributed by atoms with Crippen LogP contribution in [0.3, 0.4) is 0 Å². The number of rotatable bonds is 5. The quantitative estimate of drug-likeness (QED) is 0.655. The van der Waals surface area contributed by atoms with Crippen LogP contribution in [0.1, 0.15) is 31.4 Å². The van der Waals surface area contributed by atoms with Crippen molar-refractivity contribution in [1.82, 2.24) is 15.3 Å². The van der Waals surface area contributed by atoms with Gasteiger partial charge in [0.05, 0.1) is 11.4 Å². The Labute approximate surface area is 152 Å². The minimum Gasteiger partial charge on any atom is -0.352 e. The molecule has 2 saturated carbocycles. The van der Waals surface area contributed by atoms with Gasteiger partial charge in [0, 0.05) is 17.3 Å². The van der Waals surface area contributed by atoms with E-state index in [1.54, 1.807) is 0 Å². The number of amides is 1. The Kier molecular flexibility index (Phi) is 4.75. The van der Waals surface area contributed by atoms with Crippen LogP contribution >= 0.6 is 11.8 Å². The predicted molar refractivity (Wildman–Crippen MR) is 100 cm³/mol. The molecule has 2 aliphatic rings. The van der Waals surface area contributed by atoms with Crippen molar-refractivity contribution in [3.05, 3.63) is 42.1 Å². The van der Waals surface area contributed by atoms with Crippen LogP contribution in [0.15, 0.2) is 41.6 Å². The summed E-state index contributed by atoms with van der Waals surface area (Å²) in [6.45, 7) is 1.97. The monoisotopic (exact) mass is 353 g/mol. The van der Waals surface area contributed by atoms with E-state index >= 15 is 0 Å². The molecule has 1 aromatic heterocycles. The second-order valence-electron chi connectivity index (χ2n) is 7.18. The lowest BCUT2D eigenvalue weighted by Crippen LogP contribution is -2.39. The van der Waals surface area contributed by atoms with Crippen molar-refractivity contribution in [3.8, 4) is 11.3 Å². The molecule has 1 amide bonds. The van der Waals surface area contributed by atoms with Gasteiger partial charge in [0.2, 0.25) is 5.91 Å². The number of fused-ring (bicyclic) bond motifs is 2. The first-order valence-corrected chi connectivity index (χ1v) is 9.99. The summed E-state index contributed by atoms with van der Waals surface area (Å²) in [6.07, 6.45) is 5.11. The molecule has 0 spiro atoms. The van der Waals surface area contributed by atoms with E-state index in [0.29, 0.717) is 22.9 Å². The molecule has 0 unspecified atom stereocenters. The fraction of sp³-hybridized carbons (Fsp3) is 0.450. The number of thioether (sulfide) groups is 1. The Bertz CT molecular complexity index is 765. The third-order valence-corrected chi connectivity index (χ3v) is 6.17. The van der Waals surface area contributed by atoms with E-state index in [1.807, 2.05) is 43.3 Å². The van der Waals surface area contributed by atoms with E-state index in [1.165, 1.54) is 37.4 Å². The summed E-state index contributed by atoms with van der Waals surface area (Å²) >= 11 is 1.42. The molecule has 130 valence electrons. The van der Waals surface area contributed by atoms with Crippen molar-refractivity contribution >= 4 is 17.7 Å². The number of aromatic nitrogens is 2. The molecule has 1 aromatic carbocycles. The van der Waals surface area contributed by atoms with Gasteiger partial charge in [-0.2, -0.15) is 0 Å². The van der Waals surface area contributed by atoms with Gasteiger partial charge in [-0.25, -0.2) is 9.97 Å². The number of hydrogen-bond acceptors (Lipinski definition) is 4. The Hall–Kier alpha value is -1.88. The smallest absolute Gasteiger partial charge is 0.230 e. The minimum atomic E-state index is 0.105. The van der Waals surface area contributed by atoms with Crippen LogP contribution in [0.2, 0.25) is 0 Å². The number of benzene rings is 1. The van der Waals surface area contributed by atoms with Crippen LogP contribution in [0.25, 0.3) is 11.3 Å². The number of aryl methyl sites for hydroxylation is 1. The van der Waals surface area contributed by atoms with Crippen LogP contribution in [0.4, 0.5) is 0 Å². The zero-order valence-electron chi connectivity index (χ0n) is 14.4. The third kappa shape index (κ3) is 3.87. The highest BCUT2D eigenvalue weighted by Crippen LogP contribution is 2.44. The fourth-order valence-corrected chi connectivity index (χ4v) is 4.88. The Morgan fingerprint density at radius 2 is 2.04 bits per heavy atom. The Morgan fingerprint density at radius 3 is 2.76 bits per heavy atom. The minimum absolute atomic E-state index is 0.105. The van der Waals surface area contributed by atoms with E-state index < -0.39 is 0 Å². The summed E-state index contributed by atoms with van der Waals surface area (Å²) in [5, 5.41) is 3.89. The number of hydrogen-bond donors (Lipinski definition) is 1. The normalized spacial score (nSPS) is 24.4. The topological polar surface area (TPSA) is 54.9 Å². The standard InChI is InChI=1S/C20H23N3OS/c1-13-9-17(15-5-3-2-4-6-15)23-20(21-13)25-12-19(24)22-18-11-14-7-8-16(18)10-14/h2-6,9,14,16,18H,7-8,10-12H2,1H3,(H,22,24)/t14-,16+,18-/m1/s1. The van der Waals surface area contributed by atoms with Crippen molar-refractivity contribution in [3.63, 3.8) is 0 Å². The molecule has 25 heavy (non-hydrogen) atoms. The first-order valence-electron chi connectivity index (χ1n) is 9.00. The van der Waals surface area contributed by atoms with Crippen LogP contribution < -0.4 is 5.32 Å². The molecule has 3 atom stereocenters. The molecular formula is C20H23N3OS. The maximum Gasteiger partial charge on any atom is 0.230 e. The Balaban J connectivity index is 1.37. The van der Waals surface area contributed by atoms with Crippen molar-refractivity contribution in [2.24, 2.45) is 11.8 Å². The molecule has 1 heterocycles. The number of nitrogens with zero attached hydrogens (tertiary/aromatic N) is 2. The summed E-state index contributed by atoms with van der Waals surface area (Å²) < 4.78 is 0. The highest BCUT2D eigenvalue weighted by Gasteiger charge is 2.39. The number of nitrogens with one attached hydrogen (secondary N) is 1. The molecule has 2 aromatic rings. The van der Waals surface area contributed by atoms with E-state index in [9.17, 15) is 4.79 Å². The van der Waals surface area contributed by atoms with Gasteiger partial charge in [-0.05, 0) is 44.1 Å². The number of carbonyl (C=O) groups excluding carboxylic acids is 1. The molecule has 2 bridgehead atoms. The van der Waals surface area contributed by atoms with Crippen LogP contribution in [0, 0.1) is 18.8 Å². The van der Waals surface area contributed by atoms with E-state index in [-0.39, 0.29) is 5.91 Å². The lowest BCUT2D eigenvalue weighted by molar-refractivity contribution is -0.119. The first kappa shape index (κ1) is 16.6. The SMILES string of the molecule is Cc1cc(-c2ccccc2)nc(SCC(=O)N[C@@H]2C[C@@H]3CC[C@H]2C3)n1. The summed E-state index contributed by atoms with van der Waals surface area (Å²) in [5.74, 6) is 2.04. The first-order chi connectivity index (χ1) is 12.2. The molecule has 2 aliphatic carbocycles. The van der Waals surface area contributed by atoms with Crippen molar-refractivity contribution in [2.45, 2.75) is 43.8 Å². The van der Waals surface area contributed by atoms with E-state index in [0.717, 1.165) is 22.9 Å². The Morgan fingerprint density at radius 1 is 1.20 bits per heavy atom. The van der Waals surface area contributed by atoms with Crippen molar-refractivity contribution < 1.29 is 4.79 Å². The van der Waals surface area contributed by atoms with Crippen LogP contribution in [0.5, 0.6) is 0 Å². The van der Waals surface area contributed by atoms with Gasteiger partial charge in [0.1, 0.15) is 0 Å². The molecule has 0 saturated heterocycles. The molecule has 4 rings (SSSR count). The van der Waals surface area contributed by atoms with Gasteiger partial charge < -0.3 is 5.32 Å². The summed E-state index contributed by atoms with van der Waals surface area (Å²) in [6, 6.07) is 12.5. The predicted octanol–water partition coefficient (Wildman–Crippen LogP) is 3.85. The summed E-state index contributed by atoms with van der Waals surface area (Å²) in [5.41, 5.74) is 2.90. The maximum atomic E-state index is 12.3. The lowest BCUT2D eigenvalue weighted by Gasteiger charge is -2.22. The zero-order chi connectivity index (χ0) is 17.2. The fourth-order valence-electron chi connectivity index (χ4n) is 4.16. The number of carbonyl (C=O) groups is 1. The van der Waals surface area contributed by atoms with Gasteiger partial charge in [0.15, 0.2) is 5.16 Å². The molecular weight excluding hydrogens is 330 g/mol. The highest BCUT2D eigenvalue weighted by molar-refractivity contribution is 7.99. The van der Waals surface area contributed by atoms with Crippen molar-refractivity contribution in [1.29, 1.82) is 0 Å². The molecule has 2 fully saturated rings. The maximum absolute atomic E-state index is 12.3. The van der Waals surface area contributed by atoms with Crippen LogP contribution in [-0.2, 0) is 4.79 Å². The molecule has 4 nitrogen and oxygen atoms in total. The second kappa shape index (κ2) is 7.16. The molecule has 0 radical (unpaired) electrons. The van der Waals surface area contributed by atoms with E-state index in [4.69, 9.17) is 0 Å². The van der Waals surface area contributed by atoms with Gasteiger partial charge >= 0.3 is 0 Å². The average molecular weight is 353 g/mol. The van der Waals surface area contributed by atoms with Gasteiger partial charge in [-0.3, -0.25) is 4.79 Å². The zero-order valence-corrected chi connectivity index (χ0v) is 15.3. The van der Waals surface area contributed by atoms with Gasteiger partial charge in [-0.15, -0.1) is 0 Å². The largest absolute Gasteiger partial charge is 0.352 e. The van der Waals surface area contributed by atoms with Gasteiger partial charge in [-0.1, -0.05) is 48.5 Å². The van der Waals surface area contributed by atoms with Crippen molar-refractivity contribution in [2.75, 3.05) is 5.75 Å². The molecule has 5 heteroatoms. The van der Waals surface area contributed by atoms with Gasteiger partial charge in [0.25, 0.3) is 0 Å². The highest BCUT2D eigenvalue weighted by atomic mass is 32.2. The molecule has 1 N–H and O–H groups in total.